The number of anilines is 2. The van der Waals surface area contributed by atoms with Gasteiger partial charge < -0.3 is 5.73 Å². The molecule has 0 saturated heterocycles. The van der Waals surface area contributed by atoms with Crippen molar-refractivity contribution in [3.8, 4) is 0 Å². The van der Waals surface area contributed by atoms with Crippen molar-refractivity contribution < 1.29 is 0 Å². The fraction of sp³-hybridized carbons (Fsp3) is 0. The molecule has 5 heteroatoms. The van der Waals surface area contributed by atoms with E-state index in [2.05, 4.69) is 30.2 Å². The third-order valence-corrected chi connectivity index (χ3v) is 4.04. The van der Waals surface area contributed by atoms with Crippen molar-refractivity contribution in [2.75, 3.05) is 4.90 Å². The predicted octanol–water partition coefficient (Wildman–Crippen LogP) is 5.05. The van der Waals surface area contributed by atoms with Crippen LogP contribution in [-0.4, -0.2) is 5.96 Å². The third-order valence-electron chi connectivity index (χ3n) is 3.44. The molecule has 0 heterocycles. The molecule has 0 bridgehead atoms. The topological polar surface area (TPSA) is 41.6 Å². The number of nitrogens with two attached hydrogens (primary N) is 1. The molecule has 0 fully saturated rings. The van der Waals surface area contributed by atoms with Crippen LogP contribution < -0.4 is 10.6 Å². The highest BCUT2D eigenvalue weighted by Gasteiger charge is 2.13. The van der Waals surface area contributed by atoms with Crippen LogP contribution in [-0.2, 0) is 0 Å². The molecule has 3 rings (SSSR count). The predicted molar refractivity (Wildman–Crippen MR) is 107 cm³/mol. The molecule has 0 aliphatic carbocycles. The van der Waals surface area contributed by atoms with Gasteiger partial charge >= 0.3 is 0 Å². The molecule has 0 radical (unpaired) electrons. The monoisotopic (exact) mass is 351 g/mol. The van der Waals surface area contributed by atoms with E-state index in [9.17, 15) is 0 Å². The van der Waals surface area contributed by atoms with Gasteiger partial charge in [0.15, 0.2) is 0 Å². The van der Waals surface area contributed by atoms with Gasteiger partial charge in [0.2, 0.25) is 5.96 Å². The van der Waals surface area contributed by atoms with E-state index in [1.54, 1.807) is 0 Å². The molecule has 0 saturated carbocycles. The summed E-state index contributed by atoms with van der Waals surface area (Å²) in [5.74, 6) is 0.389. The molecule has 0 unspecified atom stereocenters. The molecular formula is C19H17N3S2. The molecule has 0 amide bonds. The standard InChI is InChI=1S/C19H17N3S2/c20-19(21-14-6-10-17(23)11-7-14)22(15-4-2-1-3-5-15)16-8-12-18(24)13-9-16/h1-13,23-24H,(H2,20,21). The van der Waals surface area contributed by atoms with Gasteiger partial charge in [0.25, 0.3) is 0 Å². The second-order valence-corrected chi connectivity index (χ2v) is 6.21. The number of benzene rings is 3. The molecule has 0 aliphatic heterocycles. The zero-order valence-corrected chi connectivity index (χ0v) is 14.7. The lowest BCUT2D eigenvalue weighted by molar-refractivity contribution is 1.27. The fourth-order valence-electron chi connectivity index (χ4n) is 2.30. The van der Waals surface area contributed by atoms with Crippen molar-refractivity contribution >= 4 is 48.3 Å². The van der Waals surface area contributed by atoms with Crippen LogP contribution >= 0.6 is 25.3 Å². The molecule has 0 aromatic heterocycles. The van der Waals surface area contributed by atoms with E-state index in [0.717, 1.165) is 26.9 Å². The minimum Gasteiger partial charge on any atom is -0.369 e. The zero-order valence-electron chi connectivity index (χ0n) is 12.9. The summed E-state index contributed by atoms with van der Waals surface area (Å²) < 4.78 is 0. The largest absolute Gasteiger partial charge is 0.369 e. The highest BCUT2D eigenvalue weighted by molar-refractivity contribution is 7.80. The van der Waals surface area contributed by atoms with Crippen molar-refractivity contribution in [3.63, 3.8) is 0 Å². The summed E-state index contributed by atoms with van der Waals surface area (Å²) in [7, 11) is 0. The van der Waals surface area contributed by atoms with Crippen molar-refractivity contribution in [2.24, 2.45) is 10.7 Å². The lowest BCUT2D eigenvalue weighted by Gasteiger charge is -2.24. The summed E-state index contributed by atoms with van der Waals surface area (Å²) in [5.41, 5.74) is 8.97. The van der Waals surface area contributed by atoms with Crippen LogP contribution in [0.25, 0.3) is 0 Å². The van der Waals surface area contributed by atoms with Crippen molar-refractivity contribution in [2.45, 2.75) is 9.79 Å². The highest BCUT2D eigenvalue weighted by Crippen LogP contribution is 2.27. The molecule has 2 N–H and O–H groups in total. The molecule has 3 nitrogen and oxygen atoms in total. The summed E-state index contributed by atoms with van der Waals surface area (Å²) in [6, 6.07) is 25.2. The molecule has 0 atom stereocenters. The summed E-state index contributed by atoms with van der Waals surface area (Å²) in [5, 5.41) is 0. The van der Waals surface area contributed by atoms with Gasteiger partial charge in [-0.05, 0) is 60.7 Å². The van der Waals surface area contributed by atoms with E-state index in [1.807, 2.05) is 83.8 Å². The number of nitrogens with zero attached hydrogens (tertiary/aromatic N) is 2. The van der Waals surface area contributed by atoms with Crippen LogP contribution in [0.15, 0.2) is 93.6 Å². The van der Waals surface area contributed by atoms with Gasteiger partial charge in [0.1, 0.15) is 0 Å². The van der Waals surface area contributed by atoms with E-state index in [4.69, 9.17) is 5.73 Å². The van der Waals surface area contributed by atoms with E-state index in [1.165, 1.54) is 0 Å². The van der Waals surface area contributed by atoms with E-state index >= 15 is 0 Å². The van der Waals surface area contributed by atoms with E-state index in [0.29, 0.717) is 5.96 Å². The molecular weight excluding hydrogens is 334 g/mol. The van der Waals surface area contributed by atoms with Crippen LogP contribution in [0.5, 0.6) is 0 Å². The van der Waals surface area contributed by atoms with Crippen LogP contribution in [0, 0.1) is 0 Å². The average Bonchev–Trinajstić information content (AvgIpc) is 2.60. The Bertz CT molecular complexity index is 829. The number of rotatable bonds is 3. The Hall–Kier alpha value is -2.37. The molecule has 0 aliphatic rings. The fourth-order valence-corrected chi connectivity index (χ4v) is 2.60. The Labute approximate surface area is 152 Å². The van der Waals surface area contributed by atoms with Gasteiger partial charge in [-0.25, -0.2) is 4.99 Å². The third kappa shape index (κ3) is 3.93. The Morgan fingerprint density at radius 2 is 1.21 bits per heavy atom. The normalized spacial score (nSPS) is 11.3. The van der Waals surface area contributed by atoms with Gasteiger partial charge in [0, 0.05) is 21.2 Å². The second kappa shape index (κ2) is 7.47. The van der Waals surface area contributed by atoms with Crippen LogP contribution in [0.3, 0.4) is 0 Å². The maximum absolute atomic E-state index is 6.33. The quantitative estimate of drug-likeness (QED) is 0.351. The minimum absolute atomic E-state index is 0.389. The molecule has 0 spiro atoms. The number of para-hydroxylation sites is 1. The van der Waals surface area contributed by atoms with Gasteiger partial charge in [-0.1, -0.05) is 18.2 Å². The Kier molecular flexibility index (Phi) is 5.13. The zero-order chi connectivity index (χ0) is 16.9. The first-order valence-corrected chi connectivity index (χ1v) is 8.30. The van der Waals surface area contributed by atoms with Crippen molar-refractivity contribution in [1.29, 1.82) is 0 Å². The number of hydrogen-bond donors (Lipinski definition) is 3. The van der Waals surface area contributed by atoms with Crippen LogP contribution in [0.1, 0.15) is 0 Å². The van der Waals surface area contributed by atoms with Gasteiger partial charge in [-0.3, -0.25) is 4.90 Å². The first-order valence-electron chi connectivity index (χ1n) is 7.41. The summed E-state index contributed by atoms with van der Waals surface area (Å²) >= 11 is 8.63. The second-order valence-electron chi connectivity index (χ2n) is 5.17. The highest BCUT2D eigenvalue weighted by atomic mass is 32.1. The van der Waals surface area contributed by atoms with E-state index in [-0.39, 0.29) is 0 Å². The average molecular weight is 352 g/mol. The Morgan fingerprint density at radius 3 is 1.79 bits per heavy atom. The smallest absolute Gasteiger partial charge is 0.205 e. The van der Waals surface area contributed by atoms with Gasteiger partial charge in [0.05, 0.1) is 5.69 Å². The number of guanidine groups is 1. The maximum Gasteiger partial charge on any atom is 0.205 e. The number of hydrogen-bond acceptors (Lipinski definition) is 3. The molecule has 24 heavy (non-hydrogen) atoms. The lowest BCUT2D eigenvalue weighted by atomic mass is 10.2. The number of aliphatic imine (C=N–C) groups is 1. The molecule has 3 aromatic rings. The van der Waals surface area contributed by atoms with E-state index < -0.39 is 0 Å². The van der Waals surface area contributed by atoms with Crippen LogP contribution in [0.2, 0.25) is 0 Å². The number of thiol groups is 2. The Balaban J connectivity index is 2.03. The van der Waals surface area contributed by atoms with Crippen LogP contribution in [0.4, 0.5) is 17.1 Å². The summed E-state index contributed by atoms with van der Waals surface area (Å²) in [4.78, 5) is 8.23. The minimum atomic E-state index is 0.389. The maximum atomic E-state index is 6.33. The van der Waals surface area contributed by atoms with Gasteiger partial charge in [-0.15, -0.1) is 25.3 Å². The lowest BCUT2D eigenvalue weighted by Crippen LogP contribution is -2.33. The first kappa shape index (κ1) is 16.5. The Morgan fingerprint density at radius 1 is 0.708 bits per heavy atom. The summed E-state index contributed by atoms with van der Waals surface area (Å²) in [6.45, 7) is 0. The molecule has 120 valence electrons. The van der Waals surface area contributed by atoms with Gasteiger partial charge in [-0.2, -0.15) is 0 Å². The molecule has 3 aromatic carbocycles. The summed E-state index contributed by atoms with van der Waals surface area (Å²) in [6.07, 6.45) is 0. The van der Waals surface area contributed by atoms with Crippen molar-refractivity contribution in [1.82, 2.24) is 0 Å². The SMILES string of the molecule is NC(=Nc1ccc(S)cc1)N(c1ccccc1)c1ccc(S)cc1. The first-order chi connectivity index (χ1) is 11.6. The van der Waals surface area contributed by atoms with Crippen molar-refractivity contribution in [3.05, 3.63) is 78.9 Å².